The Hall–Kier alpha value is -0.255. The highest BCUT2D eigenvalue weighted by Gasteiger charge is 2.20. The van der Waals surface area contributed by atoms with Crippen molar-refractivity contribution < 1.29 is 21.7 Å². The van der Waals surface area contributed by atoms with Gasteiger partial charge in [-0.15, -0.1) is 0 Å². The maximum absolute atomic E-state index is 9.75. The maximum atomic E-state index is 9.75. The third kappa shape index (κ3) is 40.0. The summed E-state index contributed by atoms with van der Waals surface area (Å²) in [6, 6.07) is 0. The van der Waals surface area contributed by atoms with Crippen LogP contribution in [0.25, 0.3) is 0 Å². The first kappa shape index (κ1) is 27.0. The Kier molecular flexibility index (Phi) is 18.5. The molecule has 0 aromatic heterocycles. The second-order valence-electron chi connectivity index (χ2n) is 8.10. The summed E-state index contributed by atoms with van der Waals surface area (Å²) in [5, 5.41) is 0. The van der Waals surface area contributed by atoms with Gasteiger partial charge in [-0.2, -0.15) is 0 Å². The molecule has 0 radical (unpaired) electrons. The van der Waals surface area contributed by atoms with Crippen molar-refractivity contribution in [3.63, 3.8) is 0 Å². The molecule has 25 heavy (non-hydrogen) atoms. The van der Waals surface area contributed by atoms with Crippen LogP contribution < -0.4 is 0 Å². The summed E-state index contributed by atoms with van der Waals surface area (Å²) >= 11 is 0. The lowest BCUT2D eigenvalue weighted by Crippen LogP contribution is -2.35. The van der Waals surface area contributed by atoms with E-state index in [1.165, 1.54) is 96.4 Å². The fraction of sp³-hybridized carbons (Fsp3) is 1.00. The summed E-state index contributed by atoms with van der Waals surface area (Å²) in [6.45, 7) is 3.63. The SMILES string of the molecule is CCCCCCCCCCCCCCCC[N+](C)(C)C.F[B-](F)(F)F. The van der Waals surface area contributed by atoms with Crippen LogP contribution in [0, 0.1) is 0 Å². The summed E-state index contributed by atoms with van der Waals surface area (Å²) < 4.78 is 40.1. The third-order valence-corrected chi connectivity index (χ3v) is 4.18. The molecule has 0 aliphatic carbocycles. The molecule has 0 aromatic carbocycles. The fourth-order valence-corrected chi connectivity index (χ4v) is 2.78. The van der Waals surface area contributed by atoms with Crippen LogP contribution in [-0.2, 0) is 0 Å². The minimum absolute atomic E-state index is 1.12. The maximum Gasteiger partial charge on any atom is 0.673 e. The molecule has 1 nitrogen and oxygen atoms in total. The molecule has 0 bridgehead atoms. The Bertz CT molecular complexity index is 259. The van der Waals surface area contributed by atoms with Gasteiger partial charge in [0.1, 0.15) is 0 Å². The van der Waals surface area contributed by atoms with Crippen LogP contribution in [0.2, 0.25) is 0 Å². The number of hydrogen-bond acceptors (Lipinski definition) is 0. The van der Waals surface area contributed by atoms with Crippen LogP contribution in [0.5, 0.6) is 0 Å². The quantitative estimate of drug-likeness (QED) is 0.121. The van der Waals surface area contributed by atoms with E-state index in [2.05, 4.69) is 28.1 Å². The Morgan fingerprint density at radius 3 is 1.00 bits per heavy atom. The number of quaternary nitrogens is 1. The molecule has 0 rings (SSSR count). The molecule has 0 fully saturated rings. The van der Waals surface area contributed by atoms with Crippen molar-refractivity contribution in [1.82, 2.24) is 0 Å². The van der Waals surface area contributed by atoms with E-state index in [0.717, 1.165) is 4.48 Å². The van der Waals surface area contributed by atoms with E-state index in [1.807, 2.05) is 0 Å². The van der Waals surface area contributed by atoms with Gasteiger partial charge in [0.05, 0.1) is 27.7 Å². The number of nitrogens with zero attached hydrogens (tertiary/aromatic N) is 1. The monoisotopic (exact) mass is 371 g/mol. The second-order valence-corrected chi connectivity index (χ2v) is 8.10. The van der Waals surface area contributed by atoms with Crippen molar-refractivity contribution >= 4 is 7.25 Å². The molecule has 0 N–H and O–H groups in total. The molecule has 0 amide bonds. The van der Waals surface area contributed by atoms with Gasteiger partial charge in [-0.05, 0) is 12.8 Å². The first-order valence-corrected chi connectivity index (χ1v) is 10.2. The highest BCUT2D eigenvalue weighted by atomic mass is 19.5. The molecule has 0 saturated carbocycles. The molecule has 0 heterocycles. The zero-order valence-corrected chi connectivity index (χ0v) is 17.1. The van der Waals surface area contributed by atoms with E-state index in [4.69, 9.17) is 0 Å². The third-order valence-electron chi connectivity index (χ3n) is 4.18. The molecule has 0 aromatic rings. The van der Waals surface area contributed by atoms with Crippen LogP contribution >= 0.6 is 0 Å². The predicted molar refractivity (Wildman–Crippen MR) is 103 cm³/mol. The average Bonchev–Trinajstić information content (AvgIpc) is 2.45. The topological polar surface area (TPSA) is 0 Å². The van der Waals surface area contributed by atoms with Crippen molar-refractivity contribution in [2.24, 2.45) is 0 Å². The Labute approximate surface area is 154 Å². The molecule has 0 atom stereocenters. The Morgan fingerprint density at radius 1 is 0.520 bits per heavy atom. The molecule has 0 saturated heterocycles. The van der Waals surface area contributed by atoms with Crippen molar-refractivity contribution in [2.45, 2.75) is 96.8 Å². The van der Waals surface area contributed by atoms with Crippen LogP contribution in [0.1, 0.15) is 96.8 Å². The molecular formula is C19H42BF4N. The molecule has 0 aliphatic rings. The van der Waals surface area contributed by atoms with Gasteiger partial charge in [-0.3, -0.25) is 0 Å². The molecule has 0 aliphatic heterocycles. The van der Waals surface area contributed by atoms with E-state index >= 15 is 0 Å². The number of halogens is 4. The summed E-state index contributed by atoms with van der Waals surface area (Å²) in [4.78, 5) is 0. The van der Waals surface area contributed by atoms with Crippen molar-refractivity contribution in [3.8, 4) is 0 Å². The zero-order chi connectivity index (χ0) is 19.6. The minimum atomic E-state index is -6.00. The largest absolute Gasteiger partial charge is 0.673 e. The Balaban J connectivity index is 0. The molecular weight excluding hydrogens is 329 g/mol. The Morgan fingerprint density at radius 2 is 0.760 bits per heavy atom. The van der Waals surface area contributed by atoms with Gasteiger partial charge in [0.15, 0.2) is 0 Å². The molecule has 0 unspecified atom stereocenters. The summed E-state index contributed by atoms with van der Waals surface area (Å²) in [5.74, 6) is 0. The average molecular weight is 371 g/mol. The van der Waals surface area contributed by atoms with Gasteiger partial charge >= 0.3 is 7.25 Å². The van der Waals surface area contributed by atoms with E-state index < -0.39 is 7.25 Å². The second kappa shape index (κ2) is 17.2. The van der Waals surface area contributed by atoms with Crippen LogP contribution in [0.15, 0.2) is 0 Å². The van der Waals surface area contributed by atoms with Crippen molar-refractivity contribution in [3.05, 3.63) is 0 Å². The van der Waals surface area contributed by atoms with Gasteiger partial charge in [-0.25, -0.2) is 0 Å². The van der Waals surface area contributed by atoms with Gasteiger partial charge in [-0.1, -0.05) is 84.0 Å². The van der Waals surface area contributed by atoms with E-state index in [1.54, 1.807) is 0 Å². The summed E-state index contributed by atoms with van der Waals surface area (Å²) in [5.41, 5.74) is 0. The molecule has 6 heteroatoms. The van der Waals surface area contributed by atoms with Crippen LogP contribution in [0.3, 0.4) is 0 Å². The minimum Gasteiger partial charge on any atom is -0.418 e. The standard InChI is InChI=1S/C19H42N.BF4/c1-5-6-7-8-9-10-11-12-13-14-15-16-17-18-19-20(2,3)4;2-1(3,4)5/h5-19H2,1-4H3;/q+1;-1. The number of rotatable bonds is 15. The number of unbranched alkanes of at least 4 members (excludes halogenated alkanes) is 13. The first-order chi connectivity index (χ1) is 11.6. The lowest BCUT2D eigenvalue weighted by molar-refractivity contribution is -0.870. The van der Waals surface area contributed by atoms with Gasteiger partial charge < -0.3 is 21.7 Å². The van der Waals surface area contributed by atoms with Gasteiger partial charge in [0, 0.05) is 0 Å². The summed E-state index contributed by atoms with van der Waals surface area (Å²) in [6.07, 6.45) is 20.4. The van der Waals surface area contributed by atoms with Gasteiger partial charge in [0.25, 0.3) is 0 Å². The highest BCUT2D eigenvalue weighted by Crippen LogP contribution is 2.13. The van der Waals surface area contributed by atoms with Crippen molar-refractivity contribution in [1.29, 1.82) is 0 Å². The predicted octanol–water partition coefficient (Wildman–Crippen LogP) is 7.47. The molecule has 0 spiro atoms. The highest BCUT2D eigenvalue weighted by molar-refractivity contribution is 6.50. The first-order valence-electron chi connectivity index (χ1n) is 10.2. The summed E-state index contributed by atoms with van der Waals surface area (Å²) in [7, 11) is 0.882. The lowest BCUT2D eigenvalue weighted by Gasteiger charge is -2.23. The van der Waals surface area contributed by atoms with Gasteiger partial charge in [0.2, 0.25) is 0 Å². The molecule has 154 valence electrons. The van der Waals surface area contributed by atoms with Crippen LogP contribution in [0.4, 0.5) is 17.3 Å². The van der Waals surface area contributed by atoms with E-state index in [9.17, 15) is 17.3 Å². The van der Waals surface area contributed by atoms with Crippen molar-refractivity contribution in [2.75, 3.05) is 27.7 Å². The smallest absolute Gasteiger partial charge is 0.418 e. The van der Waals surface area contributed by atoms with E-state index in [-0.39, 0.29) is 0 Å². The van der Waals surface area contributed by atoms with E-state index in [0.29, 0.717) is 0 Å². The lowest BCUT2D eigenvalue weighted by atomic mass is 10.0. The zero-order valence-electron chi connectivity index (χ0n) is 17.1. The number of hydrogen-bond donors (Lipinski definition) is 0. The normalized spacial score (nSPS) is 12.0. The fourth-order valence-electron chi connectivity index (χ4n) is 2.78. The van der Waals surface area contributed by atoms with Crippen LogP contribution in [-0.4, -0.2) is 39.4 Å².